The molecule has 0 aliphatic rings. The minimum atomic E-state index is -2.87. The number of aromatic nitrogens is 2. The number of rotatable bonds is 9. The highest BCUT2D eigenvalue weighted by Gasteiger charge is 2.41. The standard InChI is InChI=1S/C66H46N2Si/c1-5-20-47(21-6-1)49-38-41-56(42-39-49)69(54-27-9-3-10-28-54,55-29-11-4-12-30-55)57-31-18-26-52(45-57)67-62-35-15-13-32-59(62)61-46-53(40-43-64(61)67)68-63-36-16-14-33-60(63)66-58(34-19-37-65(66)68)51-25-17-24-50(44-51)48-22-7-2-8-23-48/h1-46H. The van der Waals surface area contributed by atoms with E-state index in [4.69, 9.17) is 0 Å². The molecular weight excluding hydrogens is 849 g/mol. The highest BCUT2D eigenvalue weighted by molar-refractivity contribution is 7.19. The van der Waals surface area contributed by atoms with E-state index in [0.717, 1.165) is 11.4 Å². The van der Waals surface area contributed by atoms with E-state index in [-0.39, 0.29) is 0 Å². The van der Waals surface area contributed by atoms with Crippen molar-refractivity contribution in [1.29, 1.82) is 0 Å². The lowest BCUT2D eigenvalue weighted by Crippen LogP contribution is -2.74. The third-order valence-electron chi connectivity index (χ3n) is 14.3. The molecule has 0 aliphatic carbocycles. The van der Waals surface area contributed by atoms with Crippen molar-refractivity contribution in [2.45, 2.75) is 0 Å². The summed E-state index contributed by atoms with van der Waals surface area (Å²) in [5, 5.41) is 10.3. The van der Waals surface area contributed by atoms with E-state index in [2.05, 4.69) is 288 Å². The Morgan fingerprint density at radius 1 is 0.232 bits per heavy atom. The van der Waals surface area contributed by atoms with Crippen LogP contribution in [0.1, 0.15) is 0 Å². The molecule has 13 aromatic rings. The van der Waals surface area contributed by atoms with Gasteiger partial charge in [0.05, 0.1) is 22.1 Å². The van der Waals surface area contributed by atoms with Crippen molar-refractivity contribution < 1.29 is 0 Å². The number of hydrogen-bond acceptors (Lipinski definition) is 0. The Morgan fingerprint density at radius 3 is 1.38 bits per heavy atom. The predicted octanol–water partition coefficient (Wildman–Crippen LogP) is 14.3. The second-order valence-electron chi connectivity index (χ2n) is 18.0. The van der Waals surface area contributed by atoms with Crippen LogP contribution in [-0.2, 0) is 0 Å². The maximum atomic E-state index is 2.48. The second-order valence-corrected chi connectivity index (χ2v) is 21.8. The summed E-state index contributed by atoms with van der Waals surface area (Å²) < 4.78 is 4.94. The summed E-state index contributed by atoms with van der Waals surface area (Å²) in [5.74, 6) is 0. The summed E-state index contributed by atoms with van der Waals surface area (Å²) >= 11 is 0. The molecule has 0 unspecified atom stereocenters. The van der Waals surface area contributed by atoms with E-state index >= 15 is 0 Å². The van der Waals surface area contributed by atoms with Gasteiger partial charge in [0.1, 0.15) is 0 Å². The normalized spacial score (nSPS) is 11.8. The maximum Gasteiger partial charge on any atom is 0.179 e. The molecule has 0 radical (unpaired) electrons. The summed E-state index contributed by atoms with van der Waals surface area (Å²) in [7, 11) is -2.87. The van der Waals surface area contributed by atoms with Crippen molar-refractivity contribution in [3.63, 3.8) is 0 Å². The number of hydrogen-bond donors (Lipinski definition) is 0. The smallest absolute Gasteiger partial charge is 0.179 e. The summed E-state index contributed by atoms with van der Waals surface area (Å²) in [4.78, 5) is 0. The molecule has 3 heteroatoms. The highest BCUT2D eigenvalue weighted by Crippen LogP contribution is 2.41. The van der Waals surface area contributed by atoms with Gasteiger partial charge in [-0.1, -0.05) is 224 Å². The van der Waals surface area contributed by atoms with E-state index in [9.17, 15) is 0 Å². The minimum absolute atomic E-state index is 1.14. The fourth-order valence-corrected chi connectivity index (χ4v) is 16.0. The zero-order valence-corrected chi connectivity index (χ0v) is 39.0. The number of benzene rings is 11. The molecular formula is C66H46N2Si. The van der Waals surface area contributed by atoms with Crippen molar-refractivity contribution in [2.75, 3.05) is 0 Å². The molecule has 2 nitrogen and oxygen atoms in total. The van der Waals surface area contributed by atoms with Gasteiger partial charge in [0.2, 0.25) is 0 Å². The average Bonchev–Trinajstić information content (AvgIpc) is 3.95. The Bertz CT molecular complexity index is 3940. The van der Waals surface area contributed by atoms with Crippen LogP contribution in [0.5, 0.6) is 0 Å². The number of nitrogens with zero attached hydrogens (tertiary/aromatic N) is 2. The molecule has 0 N–H and O–H groups in total. The molecule has 13 rings (SSSR count). The highest BCUT2D eigenvalue weighted by atomic mass is 28.3. The first kappa shape index (κ1) is 40.5. The van der Waals surface area contributed by atoms with Crippen molar-refractivity contribution in [3.05, 3.63) is 279 Å². The number of para-hydroxylation sites is 2. The first-order valence-corrected chi connectivity index (χ1v) is 25.8. The zero-order valence-electron chi connectivity index (χ0n) is 38.0. The fraction of sp³-hybridized carbons (Fsp3) is 0. The molecule has 0 bridgehead atoms. The zero-order chi connectivity index (χ0) is 45.7. The van der Waals surface area contributed by atoms with Crippen molar-refractivity contribution >= 4 is 72.4 Å². The van der Waals surface area contributed by atoms with Crippen molar-refractivity contribution in [3.8, 4) is 44.8 Å². The third kappa shape index (κ3) is 6.70. The molecule has 11 aromatic carbocycles. The first-order valence-electron chi connectivity index (χ1n) is 23.8. The van der Waals surface area contributed by atoms with Crippen LogP contribution < -0.4 is 20.7 Å². The van der Waals surface area contributed by atoms with E-state index in [1.165, 1.54) is 97.7 Å². The molecule has 0 amide bonds. The Labute approximate surface area is 403 Å². The van der Waals surface area contributed by atoms with Gasteiger partial charge in [-0.15, -0.1) is 0 Å². The summed E-state index contributed by atoms with van der Waals surface area (Å²) in [6, 6.07) is 103. The van der Waals surface area contributed by atoms with Crippen molar-refractivity contribution in [1.82, 2.24) is 9.13 Å². The van der Waals surface area contributed by atoms with Gasteiger partial charge in [0.15, 0.2) is 8.07 Å². The average molecular weight is 895 g/mol. The van der Waals surface area contributed by atoms with Gasteiger partial charge in [-0.3, -0.25) is 0 Å². The van der Waals surface area contributed by atoms with Gasteiger partial charge in [-0.2, -0.15) is 0 Å². The van der Waals surface area contributed by atoms with Gasteiger partial charge < -0.3 is 9.13 Å². The summed E-state index contributed by atoms with van der Waals surface area (Å²) in [6.07, 6.45) is 0. The van der Waals surface area contributed by atoms with E-state index in [1.54, 1.807) is 0 Å². The van der Waals surface area contributed by atoms with E-state index in [1.807, 2.05) is 0 Å². The van der Waals surface area contributed by atoms with Crippen LogP contribution >= 0.6 is 0 Å². The minimum Gasteiger partial charge on any atom is -0.309 e. The van der Waals surface area contributed by atoms with Crippen LogP contribution in [0.15, 0.2) is 279 Å². The second kappa shape index (κ2) is 16.8. The lowest BCUT2D eigenvalue weighted by atomic mass is 9.96. The fourth-order valence-electron chi connectivity index (χ4n) is 11.2. The Morgan fingerprint density at radius 2 is 0.681 bits per heavy atom. The molecule has 0 atom stereocenters. The van der Waals surface area contributed by atoms with Crippen LogP contribution in [0, 0.1) is 0 Å². The van der Waals surface area contributed by atoms with E-state index < -0.39 is 8.07 Å². The quantitative estimate of drug-likeness (QED) is 0.101. The Hall–Kier alpha value is -8.76. The third-order valence-corrected chi connectivity index (χ3v) is 19.0. The van der Waals surface area contributed by atoms with Gasteiger partial charge in [-0.05, 0) is 109 Å². The lowest BCUT2D eigenvalue weighted by Gasteiger charge is -2.35. The Balaban J connectivity index is 0.993. The van der Waals surface area contributed by atoms with Crippen LogP contribution in [0.2, 0.25) is 0 Å². The monoisotopic (exact) mass is 894 g/mol. The van der Waals surface area contributed by atoms with Crippen LogP contribution in [0.25, 0.3) is 88.4 Å². The molecule has 2 aromatic heterocycles. The molecule has 2 heterocycles. The van der Waals surface area contributed by atoms with Crippen LogP contribution in [0.3, 0.4) is 0 Å². The summed E-state index contributed by atoms with van der Waals surface area (Å²) in [6.45, 7) is 0. The molecule has 0 aliphatic heterocycles. The van der Waals surface area contributed by atoms with Gasteiger partial charge >= 0.3 is 0 Å². The topological polar surface area (TPSA) is 9.86 Å². The molecule has 324 valence electrons. The first-order chi connectivity index (χ1) is 34.2. The van der Waals surface area contributed by atoms with Crippen molar-refractivity contribution in [2.24, 2.45) is 0 Å². The van der Waals surface area contributed by atoms with Gasteiger partial charge in [-0.25, -0.2) is 0 Å². The summed E-state index contributed by atoms with van der Waals surface area (Å²) in [5.41, 5.74) is 14.3. The maximum absolute atomic E-state index is 2.87. The van der Waals surface area contributed by atoms with Gasteiger partial charge in [0.25, 0.3) is 0 Å². The number of fused-ring (bicyclic) bond motifs is 6. The molecule has 0 saturated carbocycles. The predicted molar refractivity (Wildman–Crippen MR) is 295 cm³/mol. The molecule has 0 fully saturated rings. The SMILES string of the molecule is c1ccc(-c2ccc([Si](c3ccccc3)(c3ccccc3)c3cccc(-n4c5ccccc5c5cc(-n6c7ccccc7c7c(-c8cccc(-c9ccccc9)c8)cccc76)ccc54)c3)cc2)cc1. The van der Waals surface area contributed by atoms with Crippen LogP contribution in [0.4, 0.5) is 0 Å². The molecule has 0 spiro atoms. The van der Waals surface area contributed by atoms with Crippen LogP contribution in [-0.4, -0.2) is 17.2 Å². The molecule has 0 saturated heterocycles. The largest absolute Gasteiger partial charge is 0.309 e. The Kier molecular flexibility index (Phi) is 9.88. The lowest BCUT2D eigenvalue weighted by molar-refractivity contribution is 1.17. The van der Waals surface area contributed by atoms with Gasteiger partial charge in [0, 0.05) is 32.9 Å². The van der Waals surface area contributed by atoms with E-state index in [0.29, 0.717) is 0 Å². The molecule has 69 heavy (non-hydrogen) atoms.